The van der Waals surface area contributed by atoms with Crippen LogP contribution in [-0.2, 0) is 25.5 Å². The minimum atomic E-state index is -0.938. The number of aliphatic hydroxyl groups excluding tert-OH is 1. The Morgan fingerprint density at radius 3 is 2.62 bits per heavy atom. The number of rotatable bonds is 2. The zero-order chi connectivity index (χ0) is 21.1. The third-order valence-corrected chi connectivity index (χ3v) is 8.12. The van der Waals surface area contributed by atoms with Gasteiger partial charge in [0.15, 0.2) is 0 Å². The van der Waals surface area contributed by atoms with Crippen molar-refractivity contribution in [2.45, 2.75) is 71.5 Å². The summed E-state index contributed by atoms with van der Waals surface area (Å²) in [7, 11) is 1.37. The summed E-state index contributed by atoms with van der Waals surface area (Å²) in [5.74, 6) is -0.931. The average molecular weight is 405 g/mol. The third kappa shape index (κ3) is 2.94. The first-order chi connectivity index (χ1) is 13.6. The molecule has 1 heterocycles. The molecule has 0 saturated heterocycles. The van der Waals surface area contributed by atoms with Gasteiger partial charge in [-0.1, -0.05) is 27.2 Å². The fourth-order valence-electron chi connectivity index (χ4n) is 7.20. The molecule has 0 amide bonds. The molecule has 6 heteroatoms. The maximum atomic E-state index is 12.9. The summed E-state index contributed by atoms with van der Waals surface area (Å²) in [6, 6.07) is 1.81. The Morgan fingerprint density at radius 2 is 1.97 bits per heavy atom. The number of hydrogen-bond acceptors (Lipinski definition) is 6. The molecule has 7 atom stereocenters. The number of furan rings is 1. The summed E-state index contributed by atoms with van der Waals surface area (Å²) in [4.78, 5) is 24.9. The van der Waals surface area contributed by atoms with Gasteiger partial charge in [-0.15, -0.1) is 0 Å². The van der Waals surface area contributed by atoms with Gasteiger partial charge in [-0.2, -0.15) is 0 Å². The summed E-state index contributed by atoms with van der Waals surface area (Å²) < 4.78 is 16.7. The first-order valence-electron chi connectivity index (χ1n) is 10.6. The molecule has 160 valence electrons. The lowest BCUT2D eigenvalue weighted by Crippen LogP contribution is -2.66. The van der Waals surface area contributed by atoms with E-state index in [2.05, 4.69) is 20.8 Å². The standard InChI is InChI=1S/C23H32O6/c1-12(24)29-19-18(25)17-14(23(4)9-6-8-22(2,3)20(19)23)11-15-13(7-10-28-15)16(17)21(26)27-5/h7,10,14,16-20,25H,6,8-9,11H2,1-5H3/t14-,16+,17+,18+,19-,20-,23+/m0/s1. The lowest BCUT2D eigenvalue weighted by molar-refractivity contribution is -0.230. The van der Waals surface area contributed by atoms with Gasteiger partial charge in [0, 0.05) is 30.7 Å². The second-order valence-electron chi connectivity index (χ2n) is 10.1. The molecule has 3 aliphatic rings. The van der Waals surface area contributed by atoms with Crippen molar-refractivity contribution in [3.8, 4) is 0 Å². The maximum Gasteiger partial charge on any atom is 0.313 e. The van der Waals surface area contributed by atoms with Crippen LogP contribution in [-0.4, -0.2) is 36.4 Å². The quantitative estimate of drug-likeness (QED) is 0.760. The van der Waals surface area contributed by atoms with Gasteiger partial charge in [-0.05, 0) is 35.7 Å². The Labute approximate surface area is 171 Å². The highest BCUT2D eigenvalue weighted by molar-refractivity contribution is 5.79. The monoisotopic (exact) mass is 404 g/mol. The van der Waals surface area contributed by atoms with E-state index in [0.717, 1.165) is 30.6 Å². The smallest absolute Gasteiger partial charge is 0.313 e. The molecule has 0 bridgehead atoms. The van der Waals surface area contributed by atoms with Gasteiger partial charge in [-0.25, -0.2) is 0 Å². The molecule has 3 aliphatic carbocycles. The normalized spacial score (nSPS) is 40.2. The Balaban J connectivity index is 1.89. The Bertz CT molecular complexity index is 810. The van der Waals surface area contributed by atoms with Crippen molar-refractivity contribution < 1.29 is 28.6 Å². The van der Waals surface area contributed by atoms with Crippen LogP contribution >= 0.6 is 0 Å². The number of ether oxygens (including phenoxy) is 2. The van der Waals surface area contributed by atoms with Crippen molar-refractivity contribution >= 4 is 11.9 Å². The molecule has 2 saturated carbocycles. The lowest BCUT2D eigenvalue weighted by Gasteiger charge is -2.64. The highest BCUT2D eigenvalue weighted by Crippen LogP contribution is 2.65. The molecule has 0 spiro atoms. The summed E-state index contributed by atoms with van der Waals surface area (Å²) in [5.41, 5.74) is 0.502. The van der Waals surface area contributed by atoms with E-state index >= 15 is 0 Å². The predicted octanol–water partition coefficient (Wildman–Crippen LogP) is 3.46. The molecule has 29 heavy (non-hydrogen) atoms. The minimum Gasteiger partial charge on any atom is -0.469 e. The average Bonchev–Trinajstić information content (AvgIpc) is 3.10. The van der Waals surface area contributed by atoms with E-state index in [9.17, 15) is 14.7 Å². The summed E-state index contributed by atoms with van der Waals surface area (Å²) in [6.07, 6.45) is 3.76. The topological polar surface area (TPSA) is 86.0 Å². The van der Waals surface area contributed by atoms with Gasteiger partial charge in [0.05, 0.1) is 25.4 Å². The Kier molecular flexibility index (Phi) is 4.84. The molecule has 0 aromatic carbocycles. The molecule has 4 rings (SSSR count). The third-order valence-electron chi connectivity index (χ3n) is 8.12. The van der Waals surface area contributed by atoms with Gasteiger partial charge < -0.3 is 19.0 Å². The summed E-state index contributed by atoms with van der Waals surface area (Å²) in [6.45, 7) is 8.05. The van der Waals surface area contributed by atoms with E-state index in [4.69, 9.17) is 13.9 Å². The first kappa shape index (κ1) is 20.5. The van der Waals surface area contributed by atoms with Crippen LogP contribution in [0, 0.1) is 28.6 Å². The number of esters is 2. The number of carbonyl (C=O) groups excluding carboxylic acids is 2. The Hall–Kier alpha value is -1.82. The van der Waals surface area contributed by atoms with Gasteiger partial charge in [0.25, 0.3) is 0 Å². The van der Waals surface area contributed by atoms with Crippen molar-refractivity contribution in [1.82, 2.24) is 0 Å². The van der Waals surface area contributed by atoms with Crippen LogP contribution in [0.4, 0.5) is 0 Å². The van der Waals surface area contributed by atoms with Gasteiger partial charge in [0.1, 0.15) is 11.9 Å². The molecule has 1 aromatic heterocycles. The number of hydrogen-bond donors (Lipinski definition) is 1. The molecule has 6 nitrogen and oxygen atoms in total. The minimum absolute atomic E-state index is 0.00120. The van der Waals surface area contributed by atoms with E-state index in [-0.39, 0.29) is 34.6 Å². The van der Waals surface area contributed by atoms with Gasteiger partial charge in [0.2, 0.25) is 0 Å². The van der Waals surface area contributed by atoms with Crippen LogP contribution in [0.25, 0.3) is 0 Å². The van der Waals surface area contributed by atoms with Crippen molar-refractivity contribution in [2.24, 2.45) is 28.6 Å². The number of carbonyl (C=O) groups is 2. The zero-order valence-corrected chi connectivity index (χ0v) is 17.9. The number of fused-ring (bicyclic) bond motifs is 4. The molecule has 0 radical (unpaired) electrons. The summed E-state index contributed by atoms with van der Waals surface area (Å²) in [5, 5.41) is 11.6. The van der Waals surface area contributed by atoms with E-state index in [0.29, 0.717) is 6.42 Å². The molecular weight excluding hydrogens is 372 g/mol. The Morgan fingerprint density at radius 1 is 1.24 bits per heavy atom. The molecule has 0 aliphatic heterocycles. The summed E-state index contributed by atoms with van der Waals surface area (Å²) >= 11 is 0. The van der Waals surface area contributed by atoms with Crippen LogP contribution in [0.15, 0.2) is 16.7 Å². The van der Waals surface area contributed by atoms with E-state index in [1.165, 1.54) is 14.0 Å². The zero-order valence-electron chi connectivity index (χ0n) is 17.9. The molecule has 1 aromatic rings. The molecule has 0 unspecified atom stereocenters. The van der Waals surface area contributed by atoms with Crippen LogP contribution < -0.4 is 0 Å². The van der Waals surface area contributed by atoms with Crippen LogP contribution in [0.5, 0.6) is 0 Å². The molecular formula is C23H32O6. The predicted molar refractivity (Wildman–Crippen MR) is 105 cm³/mol. The van der Waals surface area contributed by atoms with Crippen molar-refractivity contribution in [2.75, 3.05) is 7.11 Å². The van der Waals surface area contributed by atoms with Crippen LogP contribution in [0.3, 0.4) is 0 Å². The second-order valence-corrected chi connectivity index (χ2v) is 10.1. The number of methoxy groups -OCH3 is 1. The van der Waals surface area contributed by atoms with Crippen LogP contribution in [0.1, 0.15) is 64.2 Å². The van der Waals surface area contributed by atoms with Crippen molar-refractivity contribution in [1.29, 1.82) is 0 Å². The van der Waals surface area contributed by atoms with E-state index < -0.39 is 24.1 Å². The highest BCUT2D eigenvalue weighted by Gasteiger charge is 2.66. The van der Waals surface area contributed by atoms with Crippen molar-refractivity contribution in [3.05, 3.63) is 23.7 Å². The van der Waals surface area contributed by atoms with Gasteiger partial charge >= 0.3 is 11.9 Å². The fraction of sp³-hybridized carbons (Fsp3) is 0.739. The number of aliphatic hydroxyl groups is 1. The first-order valence-corrected chi connectivity index (χ1v) is 10.6. The van der Waals surface area contributed by atoms with Crippen molar-refractivity contribution in [3.63, 3.8) is 0 Å². The van der Waals surface area contributed by atoms with E-state index in [1.54, 1.807) is 12.3 Å². The molecule has 2 fully saturated rings. The molecule has 1 N–H and O–H groups in total. The lowest BCUT2D eigenvalue weighted by atomic mass is 9.42. The van der Waals surface area contributed by atoms with E-state index in [1.807, 2.05) is 0 Å². The van der Waals surface area contributed by atoms with Crippen LogP contribution in [0.2, 0.25) is 0 Å². The SMILES string of the molecule is COC(=O)[C@@H]1c2ccoc2C[C@H]2[C@H]1[C@@H](O)[C@H](OC(C)=O)[C@H]1C(C)(C)CCC[C@]21C. The maximum absolute atomic E-state index is 12.9. The fourth-order valence-corrected chi connectivity index (χ4v) is 7.20. The second kappa shape index (κ2) is 6.86. The van der Waals surface area contributed by atoms with Gasteiger partial charge in [-0.3, -0.25) is 9.59 Å². The largest absolute Gasteiger partial charge is 0.469 e. The highest BCUT2D eigenvalue weighted by atomic mass is 16.6.